The van der Waals surface area contributed by atoms with Crippen molar-refractivity contribution in [2.75, 3.05) is 14.2 Å². The lowest BCUT2D eigenvalue weighted by atomic mass is 10.2. The summed E-state index contributed by atoms with van der Waals surface area (Å²) in [6.07, 6.45) is 4.06. The molecule has 1 rings (SSSR count). The van der Waals surface area contributed by atoms with E-state index in [2.05, 4.69) is 0 Å². The average Bonchev–Trinajstić information content (AvgIpc) is 2.50. The van der Waals surface area contributed by atoms with Crippen LogP contribution in [-0.4, -0.2) is 32.8 Å². The van der Waals surface area contributed by atoms with E-state index in [1.165, 1.54) is 26.3 Å². The molecule has 0 atom stereocenters. The van der Waals surface area contributed by atoms with Crippen molar-refractivity contribution in [3.8, 4) is 0 Å². The summed E-state index contributed by atoms with van der Waals surface area (Å²) in [6.45, 7) is 3.91. The fraction of sp³-hybridized carbons (Fsp3) is 0.438. The Morgan fingerprint density at radius 2 is 1.86 bits per heavy atom. The van der Waals surface area contributed by atoms with Crippen molar-refractivity contribution in [3.05, 3.63) is 41.6 Å². The molecule has 0 radical (unpaired) electrons. The molecule has 0 aliphatic carbocycles. The van der Waals surface area contributed by atoms with E-state index in [0.29, 0.717) is 6.42 Å². The van der Waals surface area contributed by atoms with Gasteiger partial charge in [0.15, 0.2) is 0 Å². The van der Waals surface area contributed by atoms with Crippen LogP contribution in [0, 0.1) is 6.92 Å². The van der Waals surface area contributed by atoms with Crippen LogP contribution in [0.1, 0.15) is 31.7 Å². The predicted molar refractivity (Wildman–Crippen MR) is 85.8 cm³/mol. The number of rotatable bonds is 7. The van der Waals surface area contributed by atoms with Gasteiger partial charge in [0, 0.05) is 7.05 Å². The minimum atomic E-state index is -3.78. The Balaban J connectivity index is 3.16. The van der Waals surface area contributed by atoms with Gasteiger partial charge in [-0.05, 0) is 31.9 Å². The molecule has 0 heterocycles. The van der Waals surface area contributed by atoms with Crippen LogP contribution in [0.15, 0.2) is 40.9 Å². The Kier molecular flexibility index (Phi) is 6.61. The summed E-state index contributed by atoms with van der Waals surface area (Å²) in [5, 5.41) is 0. The normalized spacial score (nSPS) is 12.1. The van der Waals surface area contributed by atoms with Crippen LogP contribution in [0.5, 0.6) is 0 Å². The highest BCUT2D eigenvalue weighted by atomic mass is 32.2. The summed E-state index contributed by atoms with van der Waals surface area (Å²) in [5.41, 5.74) is 1.00. The van der Waals surface area contributed by atoms with Crippen molar-refractivity contribution in [2.24, 2.45) is 0 Å². The molecule has 0 aliphatic heterocycles. The van der Waals surface area contributed by atoms with E-state index in [0.717, 1.165) is 22.7 Å². The Morgan fingerprint density at radius 3 is 2.36 bits per heavy atom. The molecule has 0 saturated carbocycles. The highest BCUT2D eigenvalue weighted by Crippen LogP contribution is 2.20. The van der Waals surface area contributed by atoms with Crippen LogP contribution in [0.2, 0.25) is 0 Å². The van der Waals surface area contributed by atoms with Gasteiger partial charge in [-0.2, -0.15) is 0 Å². The zero-order valence-corrected chi connectivity index (χ0v) is 14.3. The summed E-state index contributed by atoms with van der Waals surface area (Å²) in [5.74, 6) is -0.658. The first-order valence-corrected chi connectivity index (χ1v) is 8.62. The van der Waals surface area contributed by atoms with Crippen LogP contribution < -0.4 is 0 Å². The standard InChI is InChI=1S/C16H23NO4S/c1-5-6-7-8-15(16(18)21-4)17(3)22(19,20)14-11-9-13(2)10-12-14/h8-12H,5-7H2,1-4H3/b15-8-. The highest BCUT2D eigenvalue weighted by Gasteiger charge is 2.27. The largest absolute Gasteiger partial charge is 0.464 e. The lowest BCUT2D eigenvalue weighted by molar-refractivity contribution is -0.137. The summed E-state index contributed by atoms with van der Waals surface area (Å²) >= 11 is 0. The van der Waals surface area contributed by atoms with Crippen LogP contribution in [0.3, 0.4) is 0 Å². The molecule has 0 N–H and O–H groups in total. The van der Waals surface area contributed by atoms with E-state index in [1.54, 1.807) is 18.2 Å². The van der Waals surface area contributed by atoms with Gasteiger partial charge in [0.05, 0.1) is 12.0 Å². The topological polar surface area (TPSA) is 63.7 Å². The fourth-order valence-corrected chi connectivity index (χ4v) is 3.09. The minimum Gasteiger partial charge on any atom is -0.464 e. The molecular weight excluding hydrogens is 302 g/mol. The molecular formula is C16H23NO4S. The number of esters is 1. The Bertz CT molecular complexity index is 633. The molecule has 22 heavy (non-hydrogen) atoms. The van der Waals surface area contributed by atoms with Gasteiger partial charge >= 0.3 is 5.97 Å². The molecule has 0 spiro atoms. The van der Waals surface area contributed by atoms with E-state index in [1.807, 2.05) is 13.8 Å². The molecule has 5 nitrogen and oxygen atoms in total. The van der Waals surface area contributed by atoms with Gasteiger partial charge in [0.25, 0.3) is 10.0 Å². The third kappa shape index (κ3) is 4.34. The zero-order valence-electron chi connectivity index (χ0n) is 13.5. The number of unbranched alkanes of at least 4 members (excludes halogenated alkanes) is 2. The maximum Gasteiger partial charge on any atom is 0.354 e. The Hall–Kier alpha value is -1.82. The van der Waals surface area contributed by atoms with Crippen molar-refractivity contribution in [2.45, 2.75) is 38.0 Å². The molecule has 0 aromatic heterocycles. The van der Waals surface area contributed by atoms with Gasteiger partial charge in [-0.25, -0.2) is 13.2 Å². The van der Waals surface area contributed by atoms with Crippen LogP contribution >= 0.6 is 0 Å². The molecule has 122 valence electrons. The van der Waals surface area contributed by atoms with Crippen molar-refractivity contribution in [3.63, 3.8) is 0 Å². The van der Waals surface area contributed by atoms with E-state index < -0.39 is 16.0 Å². The second-order valence-electron chi connectivity index (χ2n) is 5.01. The Labute approximate surface area is 132 Å². The number of carbonyl (C=O) groups is 1. The van der Waals surface area contributed by atoms with Crippen LogP contribution in [0.4, 0.5) is 0 Å². The molecule has 1 aromatic carbocycles. The van der Waals surface area contributed by atoms with Gasteiger partial charge in [-0.15, -0.1) is 0 Å². The molecule has 0 fully saturated rings. The predicted octanol–water partition coefficient (Wildman–Crippen LogP) is 2.86. The van der Waals surface area contributed by atoms with Crippen molar-refractivity contribution >= 4 is 16.0 Å². The number of hydrogen-bond donors (Lipinski definition) is 0. The lowest BCUT2D eigenvalue weighted by Crippen LogP contribution is -2.31. The second kappa shape index (κ2) is 7.98. The summed E-state index contributed by atoms with van der Waals surface area (Å²) in [7, 11) is -1.18. The Morgan fingerprint density at radius 1 is 1.27 bits per heavy atom. The van der Waals surface area contributed by atoms with E-state index in [4.69, 9.17) is 4.74 Å². The van der Waals surface area contributed by atoms with Gasteiger partial charge in [0.1, 0.15) is 5.70 Å². The first kappa shape index (κ1) is 18.2. The number of aryl methyl sites for hydroxylation is 1. The molecule has 6 heteroatoms. The lowest BCUT2D eigenvalue weighted by Gasteiger charge is -2.21. The van der Waals surface area contributed by atoms with E-state index >= 15 is 0 Å². The minimum absolute atomic E-state index is 0.0384. The summed E-state index contributed by atoms with van der Waals surface area (Å²) < 4.78 is 30.9. The van der Waals surface area contributed by atoms with Crippen molar-refractivity contribution < 1.29 is 17.9 Å². The zero-order chi connectivity index (χ0) is 16.8. The van der Waals surface area contributed by atoms with Gasteiger partial charge in [0.2, 0.25) is 0 Å². The van der Waals surface area contributed by atoms with Gasteiger partial charge in [-0.3, -0.25) is 4.31 Å². The third-order valence-electron chi connectivity index (χ3n) is 3.31. The van der Waals surface area contributed by atoms with Crippen molar-refractivity contribution in [1.29, 1.82) is 0 Å². The first-order chi connectivity index (χ1) is 10.3. The van der Waals surface area contributed by atoms with Gasteiger partial charge in [-0.1, -0.05) is 37.1 Å². The number of sulfonamides is 1. The van der Waals surface area contributed by atoms with E-state index in [9.17, 15) is 13.2 Å². The number of methoxy groups -OCH3 is 1. The van der Waals surface area contributed by atoms with Gasteiger partial charge < -0.3 is 4.74 Å². The highest BCUT2D eigenvalue weighted by molar-refractivity contribution is 7.89. The monoisotopic (exact) mass is 325 g/mol. The second-order valence-corrected chi connectivity index (χ2v) is 6.98. The van der Waals surface area contributed by atoms with Crippen LogP contribution in [-0.2, 0) is 19.6 Å². The first-order valence-electron chi connectivity index (χ1n) is 7.18. The molecule has 0 saturated heterocycles. The maximum atomic E-state index is 12.6. The number of nitrogens with zero attached hydrogens (tertiary/aromatic N) is 1. The molecule has 1 aromatic rings. The SMILES string of the molecule is CCCC/C=C(/C(=O)OC)N(C)S(=O)(=O)c1ccc(C)cc1. The summed E-state index contributed by atoms with van der Waals surface area (Å²) in [6, 6.07) is 6.50. The number of likely N-dealkylation sites (N-methyl/N-ethyl adjacent to an activating group) is 1. The summed E-state index contributed by atoms with van der Waals surface area (Å²) in [4.78, 5) is 12.0. The molecule has 0 aliphatic rings. The van der Waals surface area contributed by atoms with Crippen molar-refractivity contribution in [1.82, 2.24) is 4.31 Å². The quantitative estimate of drug-likeness (QED) is 0.439. The number of carbonyl (C=O) groups excluding carboxylic acids is 1. The fourth-order valence-electron chi connectivity index (χ4n) is 1.89. The molecule has 0 amide bonds. The van der Waals surface area contributed by atoms with E-state index in [-0.39, 0.29) is 10.6 Å². The number of benzene rings is 1. The molecule has 0 unspecified atom stereocenters. The average molecular weight is 325 g/mol. The van der Waals surface area contributed by atoms with Crippen LogP contribution in [0.25, 0.3) is 0 Å². The number of ether oxygens (including phenoxy) is 1. The smallest absolute Gasteiger partial charge is 0.354 e. The maximum absolute atomic E-state index is 12.6. The number of hydrogen-bond acceptors (Lipinski definition) is 4. The molecule has 0 bridgehead atoms. The number of allylic oxidation sites excluding steroid dienone is 1. The third-order valence-corrected chi connectivity index (χ3v) is 5.09.